The van der Waals surface area contributed by atoms with Crippen molar-refractivity contribution < 1.29 is 54.4 Å². The molecule has 17 N–H and O–H groups in total. The molecule has 0 spiro atoms. The van der Waals surface area contributed by atoms with Gasteiger partial charge in [0.05, 0.1) is 30.3 Å². The Bertz CT molecular complexity index is 801. The molecule has 0 aromatic rings. The van der Waals surface area contributed by atoms with E-state index >= 15 is 0 Å². The lowest BCUT2D eigenvalue weighted by atomic mass is 9.74. The van der Waals surface area contributed by atoms with Crippen LogP contribution >= 0.6 is 0 Å². The van der Waals surface area contributed by atoms with E-state index in [1.807, 2.05) is 0 Å². The number of hydrogen-bond acceptors (Lipinski definition) is 16. The zero-order valence-corrected chi connectivity index (χ0v) is 21.0. The van der Waals surface area contributed by atoms with Crippen LogP contribution in [0.3, 0.4) is 0 Å². The van der Waals surface area contributed by atoms with E-state index in [0.29, 0.717) is 0 Å². The third kappa shape index (κ3) is 6.27. The van der Waals surface area contributed by atoms with E-state index in [2.05, 4.69) is 5.32 Å². The number of nitrogens with two attached hydrogens (primary N) is 5. The number of carbonyl (C=O) groups is 1. The topological polar surface area (TPSA) is 318 Å². The van der Waals surface area contributed by atoms with Gasteiger partial charge in [0.2, 0.25) is 5.91 Å². The fourth-order valence-electron chi connectivity index (χ4n) is 5.05. The average Bonchev–Trinajstić information content (AvgIpc) is 2.87. The fourth-order valence-corrected chi connectivity index (χ4v) is 5.05. The van der Waals surface area contributed by atoms with Crippen LogP contribution in [0.25, 0.3) is 0 Å². The highest BCUT2D eigenvalue weighted by molar-refractivity contribution is 5.72. The molecule has 0 aromatic carbocycles. The predicted octanol–water partition coefficient (Wildman–Crippen LogP) is -7.82. The summed E-state index contributed by atoms with van der Waals surface area (Å²) in [4.78, 5) is 11.3. The summed E-state index contributed by atoms with van der Waals surface area (Å²) in [6, 6.07) is -3.46. The molecule has 2 heterocycles. The number of nitrogens with one attached hydrogen (secondary N) is 1. The van der Waals surface area contributed by atoms with Crippen molar-refractivity contribution in [1.29, 1.82) is 0 Å². The zero-order chi connectivity index (χ0) is 28.5. The quantitative estimate of drug-likeness (QED) is 0.132. The van der Waals surface area contributed by atoms with Crippen LogP contribution < -0.4 is 34.0 Å². The highest BCUT2D eigenvalue weighted by Gasteiger charge is 2.56. The van der Waals surface area contributed by atoms with Gasteiger partial charge in [-0.2, -0.15) is 0 Å². The summed E-state index contributed by atoms with van der Waals surface area (Å²) in [6.07, 6.45) is -15.2. The van der Waals surface area contributed by atoms with Gasteiger partial charge in [0.25, 0.3) is 0 Å². The molecule has 2 aliphatic heterocycles. The van der Waals surface area contributed by atoms with Crippen LogP contribution in [-0.2, 0) is 23.7 Å². The average molecular weight is 555 g/mol. The molecule has 17 heteroatoms. The Morgan fingerprint density at radius 3 is 2.13 bits per heavy atom. The molecule has 38 heavy (non-hydrogen) atoms. The first-order valence-corrected chi connectivity index (χ1v) is 12.4. The van der Waals surface area contributed by atoms with Crippen molar-refractivity contribution in [1.82, 2.24) is 5.32 Å². The molecular formula is C21H42N6O11. The highest BCUT2D eigenvalue weighted by Crippen LogP contribution is 2.35. The van der Waals surface area contributed by atoms with Crippen molar-refractivity contribution >= 4 is 5.91 Å². The molecule has 3 rings (SSSR count). The lowest BCUT2D eigenvalue weighted by molar-refractivity contribution is -0.323. The predicted molar refractivity (Wildman–Crippen MR) is 127 cm³/mol. The van der Waals surface area contributed by atoms with Gasteiger partial charge in [0.15, 0.2) is 12.6 Å². The third-order valence-electron chi connectivity index (χ3n) is 7.41. The van der Waals surface area contributed by atoms with Gasteiger partial charge in [-0.1, -0.05) is 0 Å². The Hall–Kier alpha value is -1.13. The molecule has 2 saturated heterocycles. The summed E-state index contributed by atoms with van der Waals surface area (Å²) in [5.41, 5.74) is 28.5. The Kier molecular flexibility index (Phi) is 10.4. The second-order valence-electron chi connectivity index (χ2n) is 10.3. The number of carbonyl (C=O) groups excluding carboxylic acids is 1. The molecule has 15 unspecified atom stereocenters. The van der Waals surface area contributed by atoms with E-state index in [1.54, 1.807) is 0 Å². The minimum Gasteiger partial charge on any atom is -0.394 e. The third-order valence-corrected chi connectivity index (χ3v) is 7.41. The van der Waals surface area contributed by atoms with Crippen LogP contribution in [-0.4, -0.2) is 147 Å². The summed E-state index contributed by atoms with van der Waals surface area (Å²) < 4.78 is 22.9. The second-order valence-corrected chi connectivity index (χ2v) is 10.3. The van der Waals surface area contributed by atoms with Crippen LogP contribution in [0.5, 0.6) is 0 Å². The van der Waals surface area contributed by atoms with Crippen LogP contribution in [0.1, 0.15) is 13.3 Å². The molecule has 15 atom stereocenters. The molecule has 0 aromatic heterocycles. The van der Waals surface area contributed by atoms with E-state index in [1.165, 1.54) is 6.92 Å². The van der Waals surface area contributed by atoms with Gasteiger partial charge in [0, 0.05) is 26.1 Å². The molecular weight excluding hydrogens is 512 g/mol. The smallest absolute Gasteiger partial charge is 0.216 e. The van der Waals surface area contributed by atoms with Crippen LogP contribution in [0.4, 0.5) is 0 Å². The Balaban J connectivity index is 1.80. The van der Waals surface area contributed by atoms with Gasteiger partial charge in [-0.3, -0.25) is 4.79 Å². The second kappa shape index (κ2) is 12.6. The van der Waals surface area contributed by atoms with E-state index in [0.717, 1.165) is 0 Å². The summed E-state index contributed by atoms with van der Waals surface area (Å²) in [5, 5.41) is 65.2. The summed E-state index contributed by atoms with van der Waals surface area (Å²) in [7, 11) is 0. The van der Waals surface area contributed by atoms with Crippen molar-refractivity contribution in [3.8, 4) is 0 Å². The van der Waals surface area contributed by atoms with Gasteiger partial charge in [-0.05, 0) is 6.42 Å². The number of rotatable bonds is 8. The lowest BCUT2D eigenvalue weighted by Gasteiger charge is -2.52. The highest BCUT2D eigenvalue weighted by atomic mass is 16.7. The van der Waals surface area contributed by atoms with Crippen LogP contribution in [0, 0.1) is 0 Å². The van der Waals surface area contributed by atoms with Crippen molar-refractivity contribution in [3.05, 3.63) is 0 Å². The van der Waals surface area contributed by atoms with E-state index in [9.17, 15) is 35.4 Å². The number of aliphatic hydroxyl groups excluding tert-OH is 6. The summed E-state index contributed by atoms with van der Waals surface area (Å²) in [6.45, 7) is 0.263. The summed E-state index contributed by atoms with van der Waals surface area (Å²) >= 11 is 0. The molecule has 0 radical (unpaired) electrons. The molecule has 17 nitrogen and oxygen atoms in total. The Morgan fingerprint density at radius 2 is 1.55 bits per heavy atom. The maximum Gasteiger partial charge on any atom is 0.216 e. The van der Waals surface area contributed by atoms with Gasteiger partial charge in [0.1, 0.15) is 48.8 Å². The number of aliphatic hydroxyl groups is 6. The van der Waals surface area contributed by atoms with Crippen molar-refractivity contribution in [3.63, 3.8) is 0 Å². The first-order valence-electron chi connectivity index (χ1n) is 12.4. The van der Waals surface area contributed by atoms with Crippen LogP contribution in [0.2, 0.25) is 0 Å². The first-order chi connectivity index (χ1) is 17.7. The number of ether oxygens (including phenoxy) is 4. The van der Waals surface area contributed by atoms with Crippen LogP contribution in [0.15, 0.2) is 0 Å². The number of hydrogen-bond donors (Lipinski definition) is 12. The molecule has 3 fully saturated rings. The maximum absolute atomic E-state index is 11.3. The lowest BCUT2D eigenvalue weighted by Crippen LogP contribution is -2.74. The molecule has 3 aliphatic rings. The summed E-state index contributed by atoms with van der Waals surface area (Å²) in [5.74, 6) is -0.395. The first kappa shape index (κ1) is 31.4. The fraction of sp³-hybridized carbons (Fsp3) is 0.952. The van der Waals surface area contributed by atoms with Crippen molar-refractivity contribution in [2.45, 2.75) is 105 Å². The molecule has 0 bridgehead atoms. The van der Waals surface area contributed by atoms with E-state index in [4.69, 9.17) is 47.6 Å². The zero-order valence-electron chi connectivity index (χ0n) is 21.0. The number of amides is 1. The largest absolute Gasteiger partial charge is 0.394 e. The maximum atomic E-state index is 11.3. The van der Waals surface area contributed by atoms with Gasteiger partial charge < -0.3 is 83.6 Å². The molecule has 1 saturated carbocycles. The van der Waals surface area contributed by atoms with Crippen molar-refractivity contribution in [2.24, 2.45) is 28.7 Å². The Labute approximate surface area is 219 Å². The Morgan fingerprint density at radius 1 is 0.921 bits per heavy atom. The standard InChI is InChI=1S/C21H42N6O11/c1-6(29)27-4-9-12(30)10(24)15(33)20(36-9)38-18-16(34)17(7(23)2-21(18,26)5-28)37-19-11(25)14(32)13(31)8(3-22)35-19/h7-20,28,30-34H,2-5,22-26H2,1H3,(H,27,29). The minimum atomic E-state index is -1.65. The molecule has 1 amide bonds. The molecule has 1 aliphatic carbocycles. The van der Waals surface area contributed by atoms with Gasteiger partial charge in [-0.15, -0.1) is 0 Å². The minimum absolute atomic E-state index is 0.143. The van der Waals surface area contributed by atoms with Crippen molar-refractivity contribution in [2.75, 3.05) is 19.7 Å². The monoisotopic (exact) mass is 554 g/mol. The van der Waals surface area contributed by atoms with E-state index < -0.39 is 104 Å². The van der Waals surface area contributed by atoms with Gasteiger partial charge in [-0.25, -0.2) is 0 Å². The van der Waals surface area contributed by atoms with E-state index in [-0.39, 0.29) is 19.5 Å². The normalized spacial score (nSPS) is 50.0. The van der Waals surface area contributed by atoms with Gasteiger partial charge >= 0.3 is 0 Å². The SMILES string of the molecule is CC(=O)NCC1OC(OC2C(O)C(OC3OC(CN)C(O)C(O)C3N)C(N)CC2(N)CO)C(O)C(N)C1O. The molecule has 222 valence electrons.